The smallest absolute Gasteiger partial charge is 0.342 e. The van der Waals surface area contributed by atoms with Gasteiger partial charge in [-0.2, -0.15) is 26.3 Å². The standard InChI is InChI=1S/C16H26F6O2/c1-11(2,3)8-13(7,12(4,5)6)14(9-23-14)24-10(15(17,18)19)16(20,21)22/h10H,8-9H2,1-7H3. The average Bonchev–Trinajstić information content (AvgIpc) is 2.99. The van der Waals surface area contributed by atoms with Gasteiger partial charge in [-0.15, -0.1) is 0 Å². The van der Waals surface area contributed by atoms with Gasteiger partial charge in [0.2, 0.25) is 0 Å². The second-order valence-electron chi connectivity index (χ2n) is 8.94. The van der Waals surface area contributed by atoms with Gasteiger partial charge in [0.25, 0.3) is 6.10 Å². The van der Waals surface area contributed by atoms with E-state index >= 15 is 0 Å². The summed E-state index contributed by atoms with van der Waals surface area (Å²) in [5, 5.41) is 0. The van der Waals surface area contributed by atoms with Crippen LogP contribution in [0.25, 0.3) is 0 Å². The summed E-state index contributed by atoms with van der Waals surface area (Å²) >= 11 is 0. The first kappa shape index (κ1) is 21.5. The van der Waals surface area contributed by atoms with Gasteiger partial charge in [-0.3, -0.25) is 0 Å². The van der Waals surface area contributed by atoms with E-state index < -0.39 is 35.1 Å². The van der Waals surface area contributed by atoms with E-state index in [-0.39, 0.29) is 12.0 Å². The molecule has 0 bridgehead atoms. The molecule has 1 heterocycles. The highest BCUT2D eigenvalue weighted by molar-refractivity contribution is 5.07. The molecule has 0 spiro atoms. The van der Waals surface area contributed by atoms with Crippen molar-refractivity contribution in [1.82, 2.24) is 0 Å². The lowest BCUT2D eigenvalue weighted by molar-refractivity contribution is -0.359. The van der Waals surface area contributed by atoms with Gasteiger partial charge in [-0.05, 0) is 17.3 Å². The predicted octanol–water partition coefficient (Wildman–Crippen LogP) is 5.71. The Labute approximate surface area is 138 Å². The van der Waals surface area contributed by atoms with E-state index in [2.05, 4.69) is 4.74 Å². The number of rotatable bonds is 4. The van der Waals surface area contributed by atoms with Gasteiger partial charge >= 0.3 is 12.4 Å². The van der Waals surface area contributed by atoms with Crippen LogP contribution in [-0.4, -0.2) is 30.9 Å². The molecule has 0 aliphatic carbocycles. The van der Waals surface area contributed by atoms with Crippen molar-refractivity contribution >= 4 is 0 Å². The lowest BCUT2D eigenvalue weighted by atomic mass is 9.58. The van der Waals surface area contributed by atoms with Gasteiger partial charge in [0.15, 0.2) is 5.79 Å². The maximum atomic E-state index is 12.9. The quantitative estimate of drug-likeness (QED) is 0.471. The largest absolute Gasteiger partial charge is 0.423 e. The number of alkyl halides is 6. The third-order valence-corrected chi connectivity index (χ3v) is 4.69. The highest BCUT2D eigenvalue weighted by Gasteiger charge is 2.71. The van der Waals surface area contributed by atoms with Crippen molar-refractivity contribution in [2.24, 2.45) is 16.2 Å². The minimum Gasteiger partial charge on any atom is -0.342 e. The molecule has 1 saturated heterocycles. The molecule has 144 valence electrons. The van der Waals surface area contributed by atoms with E-state index in [1.165, 1.54) is 0 Å². The minimum atomic E-state index is -5.56. The van der Waals surface area contributed by atoms with Gasteiger partial charge in [0, 0.05) is 5.41 Å². The molecule has 0 aromatic carbocycles. The SMILES string of the molecule is CC(C)(C)CC(C)(C(C)(C)C)C1(OC(C(F)(F)F)C(F)(F)F)CO1. The summed E-state index contributed by atoms with van der Waals surface area (Å²) in [5.74, 6) is -1.91. The topological polar surface area (TPSA) is 21.8 Å². The summed E-state index contributed by atoms with van der Waals surface area (Å²) in [6.07, 6.45) is -14.6. The third-order valence-electron chi connectivity index (χ3n) is 4.69. The summed E-state index contributed by atoms with van der Waals surface area (Å²) in [6.45, 7) is 12.3. The van der Waals surface area contributed by atoms with Crippen LogP contribution in [0.5, 0.6) is 0 Å². The normalized spacial score (nSPS) is 25.8. The summed E-state index contributed by atoms with van der Waals surface area (Å²) in [5.41, 5.74) is -2.03. The highest BCUT2D eigenvalue weighted by Crippen LogP contribution is 2.61. The van der Waals surface area contributed by atoms with Crippen LogP contribution < -0.4 is 0 Å². The first-order valence-electron chi connectivity index (χ1n) is 7.70. The lowest BCUT2D eigenvalue weighted by Gasteiger charge is -2.49. The minimum absolute atomic E-state index is 0.292. The van der Waals surface area contributed by atoms with E-state index in [1.54, 1.807) is 27.7 Å². The molecule has 2 atom stereocenters. The summed E-state index contributed by atoms with van der Waals surface area (Å²) in [7, 11) is 0. The molecule has 2 nitrogen and oxygen atoms in total. The molecule has 1 fully saturated rings. The Bertz CT molecular complexity index is 437. The molecule has 0 aromatic rings. The molecule has 0 aromatic heterocycles. The van der Waals surface area contributed by atoms with Crippen LogP contribution >= 0.6 is 0 Å². The van der Waals surface area contributed by atoms with Crippen LogP contribution in [-0.2, 0) is 9.47 Å². The predicted molar refractivity (Wildman–Crippen MR) is 77.3 cm³/mol. The maximum absolute atomic E-state index is 12.9. The second-order valence-corrected chi connectivity index (χ2v) is 8.94. The molecule has 0 N–H and O–H groups in total. The Morgan fingerprint density at radius 3 is 1.46 bits per heavy atom. The van der Waals surface area contributed by atoms with Crippen LogP contribution in [0.4, 0.5) is 26.3 Å². The van der Waals surface area contributed by atoms with Crippen molar-refractivity contribution in [2.45, 2.75) is 79.1 Å². The maximum Gasteiger partial charge on any atom is 0.423 e. The molecule has 0 saturated carbocycles. The number of ether oxygens (including phenoxy) is 2. The van der Waals surface area contributed by atoms with Crippen LogP contribution in [0.15, 0.2) is 0 Å². The Hall–Kier alpha value is -0.500. The first-order chi connectivity index (χ1) is 10.3. The number of halogens is 6. The zero-order valence-electron chi connectivity index (χ0n) is 15.1. The average molecular weight is 364 g/mol. The summed E-state index contributed by atoms with van der Waals surface area (Å²) in [4.78, 5) is 0. The zero-order chi connectivity index (χ0) is 19.4. The lowest BCUT2D eigenvalue weighted by Crippen LogP contribution is -2.55. The van der Waals surface area contributed by atoms with E-state index in [1.807, 2.05) is 20.8 Å². The van der Waals surface area contributed by atoms with Crippen molar-refractivity contribution in [3.63, 3.8) is 0 Å². The second kappa shape index (κ2) is 5.76. The highest BCUT2D eigenvalue weighted by atomic mass is 19.4. The monoisotopic (exact) mass is 364 g/mol. The van der Waals surface area contributed by atoms with Gasteiger partial charge in [0.1, 0.15) is 6.61 Å². The molecule has 2 unspecified atom stereocenters. The fraction of sp³-hybridized carbons (Fsp3) is 1.00. The Morgan fingerprint density at radius 2 is 1.25 bits per heavy atom. The summed E-state index contributed by atoms with van der Waals surface area (Å²) in [6, 6.07) is 0. The van der Waals surface area contributed by atoms with Gasteiger partial charge in [0.05, 0.1) is 0 Å². The van der Waals surface area contributed by atoms with E-state index in [0.717, 1.165) is 0 Å². The van der Waals surface area contributed by atoms with Gasteiger partial charge < -0.3 is 9.47 Å². The van der Waals surface area contributed by atoms with Crippen LogP contribution in [0, 0.1) is 16.2 Å². The fourth-order valence-electron chi connectivity index (χ4n) is 3.12. The van der Waals surface area contributed by atoms with E-state index in [9.17, 15) is 26.3 Å². The molecule has 1 aliphatic heterocycles. The molecule has 0 radical (unpaired) electrons. The van der Waals surface area contributed by atoms with Crippen LogP contribution in [0.2, 0.25) is 0 Å². The summed E-state index contributed by atoms with van der Waals surface area (Å²) < 4.78 is 87.2. The van der Waals surface area contributed by atoms with Crippen molar-refractivity contribution in [3.05, 3.63) is 0 Å². The molecule has 24 heavy (non-hydrogen) atoms. The van der Waals surface area contributed by atoms with E-state index in [0.29, 0.717) is 6.42 Å². The molecule has 1 rings (SSSR count). The Kier molecular flexibility index (Phi) is 5.17. The Balaban J connectivity index is 3.29. The fourth-order valence-corrected chi connectivity index (χ4v) is 3.12. The van der Waals surface area contributed by atoms with Crippen LogP contribution in [0.1, 0.15) is 54.9 Å². The van der Waals surface area contributed by atoms with Crippen molar-refractivity contribution in [2.75, 3.05) is 6.61 Å². The third kappa shape index (κ3) is 4.36. The van der Waals surface area contributed by atoms with Crippen molar-refractivity contribution < 1.29 is 35.8 Å². The molecule has 8 heteroatoms. The zero-order valence-corrected chi connectivity index (χ0v) is 15.1. The van der Waals surface area contributed by atoms with Gasteiger partial charge in [-0.1, -0.05) is 48.5 Å². The van der Waals surface area contributed by atoms with Crippen molar-refractivity contribution in [3.8, 4) is 0 Å². The van der Waals surface area contributed by atoms with Gasteiger partial charge in [-0.25, -0.2) is 0 Å². The molecular weight excluding hydrogens is 338 g/mol. The molecule has 0 amide bonds. The molecule has 1 aliphatic rings. The number of hydrogen-bond donors (Lipinski definition) is 0. The number of epoxide rings is 1. The Morgan fingerprint density at radius 1 is 0.875 bits per heavy atom. The number of hydrogen-bond acceptors (Lipinski definition) is 2. The van der Waals surface area contributed by atoms with E-state index in [4.69, 9.17) is 4.74 Å². The first-order valence-corrected chi connectivity index (χ1v) is 7.70. The van der Waals surface area contributed by atoms with Crippen molar-refractivity contribution in [1.29, 1.82) is 0 Å². The van der Waals surface area contributed by atoms with Crippen LogP contribution in [0.3, 0.4) is 0 Å². The molecular formula is C16H26F6O2.